The molecular formula is C21H17ClN6OS. The Morgan fingerprint density at radius 3 is 2.63 bits per heavy atom. The number of aromatic nitrogens is 5. The molecular weight excluding hydrogens is 420 g/mol. The first-order valence-corrected chi connectivity index (χ1v) is 10.9. The van der Waals surface area contributed by atoms with E-state index in [0.29, 0.717) is 21.9 Å². The van der Waals surface area contributed by atoms with Crippen LogP contribution in [0.2, 0.25) is 5.15 Å². The average Bonchev–Trinajstić information content (AvgIpc) is 2.98. The maximum absolute atomic E-state index is 6.79. The molecule has 0 saturated carbocycles. The van der Waals surface area contributed by atoms with Crippen LogP contribution in [0.1, 0.15) is 17.5 Å². The van der Waals surface area contributed by atoms with E-state index >= 15 is 0 Å². The summed E-state index contributed by atoms with van der Waals surface area (Å²) >= 11 is 8.20. The number of fused-ring (bicyclic) bond motifs is 3. The van der Waals surface area contributed by atoms with E-state index in [2.05, 4.69) is 25.6 Å². The Balaban J connectivity index is 1.65. The smallest absolute Gasteiger partial charge is 0.247 e. The van der Waals surface area contributed by atoms with E-state index in [-0.39, 0.29) is 0 Å². The molecule has 1 N–H and O–H groups in total. The molecule has 1 unspecified atom stereocenters. The van der Waals surface area contributed by atoms with Gasteiger partial charge in [-0.05, 0) is 31.4 Å². The van der Waals surface area contributed by atoms with Crippen LogP contribution >= 0.6 is 23.4 Å². The highest BCUT2D eigenvalue weighted by molar-refractivity contribution is 7.98. The molecule has 0 spiro atoms. The standard InChI is InChI=1S/C21H17ClN6OS/c1-12-16(18(22)28(27-12)13-8-4-3-5-9-13)19-23-15-11-7-6-10-14(15)17-20(29-19)24-21(30-2)26-25-17/h3-11,19,23H,1-2H3. The van der Waals surface area contributed by atoms with Crippen molar-refractivity contribution in [3.8, 4) is 22.8 Å². The van der Waals surface area contributed by atoms with E-state index in [1.165, 1.54) is 11.8 Å². The van der Waals surface area contributed by atoms with Crippen molar-refractivity contribution in [1.29, 1.82) is 0 Å². The average molecular weight is 437 g/mol. The number of hydrogen-bond acceptors (Lipinski definition) is 7. The van der Waals surface area contributed by atoms with E-state index < -0.39 is 6.23 Å². The van der Waals surface area contributed by atoms with Gasteiger partial charge in [0.05, 0.1) is 16.9 Å². The maximum atomic E-state index is 6.79. The molecule has 0 aliphatic carbocycles. The quantitative estimate of drug-likeness (QED) is 0.457. The van der Waals surface area contributed by atoms with Crippen molar-refractivity contribution in [3.63, 3.8) is 0 Å². The van der Waals surface area contributed by atoms with Crippen molar-refractivity contribution in [3.05, 3.63) is 71.0 Å². The Labute approximate surface area is 182 Å². The molecule has 1 aliphatic heterocycles. The number of nitrogens with zero attached hydrogens (tertiary/aromatic N) is 5. The van der Waals surface area contributed by atoms with Crippen molar-refractivity contribution in [1.82, 2.24) is 25.0 Å². The number of thioether (sulfide) groups is 1. The summed E-state index contributed by atoms with van der Waals surface area (Å²) in [6, 6.07) is 17.6. The Morgan fingerprint density at radius 1 is 1.07 bits per heavy atom. The molecule has 7 nitrogen and oxygen atoms in total. The Kier molecular flexibility index (Phi) is 4.80. The van der Waals surface area contributed by atoms with Crippen molar-refractivity contribution >= 4 is 29.1 Å². The zero-order valence-electron chi connectivity index (χ0n) is 16.2. The lowest BCUT2D eigenvalue weighted by molar-refractivity contribution is 0.224. The van der Waals surface area contributed by atoms with Gasteiger partial charge in [-0.15, -0.1) is 10.2 Å². The molecule has 0 bridgehead atoms. The zero-order chi connectivity index (χ0) is 20.7. The van der Waals surface area contributed by atoms with Gasteiger partial charge in [-0.2, -0.15) is 10.1 Å². The second-order valence-electron chi connectivity index (χ2n) is 6.68. The summed E-state index contributed by atoms with van der Waals surface area (Å²) in [6.07, 6.45) is 1.30. The molecule has 5 rings (SSSR count). The fourth-order valence-corrected chi connectivity index (χ4v) is 4.08. The third-order valence-electron chi connectivity index (χ3n) is 4.83. The highest BCUT2D eigenvalue weighted by Gasteiger charge is 2.30. The monoisotopic (exact) mass is 436 g/mol. The summed E-state index contributed by atoms with van der Waals surface area (Å²) < 4.78 is 8.01. The first-order valence-electron chi connectivity index (χ1n) is 9.27. The fraction of sp³-hybridized carbons (Fsp3) is 0.143. The summed E-state index contributed by atoms with van der Waals surface area (Å²) in [5.74, 6) is 0.403. The predicted octanol–water partition coefficient (Wildman–Crippen LogP) is 4.91. The van der Waals surface area contributed by atoms with E-state index in [1.54, 1.807) is 4.68 Å². The van der Waals surface area contributed by atoms with E-state index in [4.69, 9.17) is 16.3 Å². The summed E-state index contributed by atoms with van der Waals surface area (Å²) in [5, 5.41) is 17.6. The third-order valence-corrected chi connectivity index (χ3v) is 5.73. The molecule has 1 atom stereocenters. The zero-order valence-corrected chi connectivity index (χ0v) is 17.8. The van der Waals surface area contributed by atoms with Gasteiger partial charge in [0.2, 0.25) is 17.3 Å². The highest BCUT2D eigenvalue weighted by Crippen LogP contribution is 2.41. The number of rotatable bonds is 3. The van der Waals surface area contributed by atoms with E-state index in [9.17, 15) is 0 Å². The summed E-state index contributed by atoms with van der Waals surface area (Å²) in [6.45, 7) is 1.91. The van der Waals surface area contributed by atoms with E-state index in [1.807, 2.05) is 67.8 Å². The van der Waals surface area contributed by atoms with Gasteiger partial charge in [-0.3, -0.25) is 0 Å². The minimum atomic E-state index is -0.594. The van der Waals surface area contributed by atoms with Crippen LogP contribution in [0.5, 0.6) is 5.88 Å². The van der Waals surface area contributed by atoms with E-state index in [0.717, 1.165) is 28.2 Å². The summed E-state index contributed by atoms with van der Waals surface area (Å²) in [7, 11) is 0. The van der Waals surface area contributed by atoms with Crippen LogP contribution in [0.15, 0.2) is 59.8 Å². The summed E-state index contributed by atoms with van der Waals surface area (Å²) in [5.41, 5.74) is 4.69. The van der Waals surface area contributed by atoms with Gasteiger partial charge < -0.3 is 10.1 Å². The van der Waals surface area contributed by atoms with Crippen molar-refractivity contribution < 1.29 is 4.74 Å². The van der Waals surface area contributed by atoms with Crippen LogP contribution in [0.25, 0.3) is 16.9 Å². The molecule has 1 aliphatic rings. The number of aryl methyl sites for hydroxylation is 1. The lowest BCUT2D eigenvalue weighted by Crippen LogP contribution is -2.18. The Bertz CT molecular complexity index is 1230. The van der Waals surface area contributed by atoms with Crippen LogP contribution in [-0.4, -0.2) is 31.2 Å². The number of hydrogen-bond donors (Lipinski definition) is 1. The minimum absolute atomic E-state index is 0.403. The Morgan fingerprint density at radius 2 is 1.83 bits per heavy atom. The maximum Gasteiger partial charge on any atom is 0.247 e. The SMILES string of the molecule is CSc1nnc2c(n1)OC(c1c(C)nn(-c3ccccc3)c1Cl)Nc1ccccc1-2. The number of anilines is 1. The molecule has 0 fully saturated rings. The topological polar surface area (TPSA) is 77.8 Å². The second kappa shape index (κ2) is 7.62. The van der Waals surface area contributed by atoms with Gasteiger partial charge in [0.25, 0.3) is 0 Å². The lowest BCUT2D eigenvalue weighted by Gasteiger charge is -2.19. The van der Waals surface area contributed by atoms with Crippen LogP contribution in [0.3, 0.4) is 0 Å². The molecule has 0 radical (unpaired) electrons. The molecule has 2 aromatic carbocycles. The van der Waals surface area contributed by atoms with Crippen molar-refractivity contribution in [2.75, 3.05) is 11.6 Å². The molecule has 150 valence electrons. The molecule has 30 heavy (non-hydrogen) atoms. The first-order chi connectivity index (χ1) is 14.7. The molecule has 3 heterocycles. The van der Waals surface area contributed by atoms with Crippen LogP contribution in [0, 0.1) is 6.92 Å². The molecule has 9 heteroatoms. The van der Waals surface area contributed by atoms with Gasteiger partial charge >= 0.3 is 0 Å². The van der Waals surface area contributed by atoms with Crippen molar-refractivity contribution in [2.24, 2.45) is 0 Å². The largest absolute Gasteiger partial charge is 0.447 e. The van der Waals surface area contributed by atoms with Crippen LogP contribution in [-0.2, 0) is 0 Å². The number of para-hydroxylation sites is 2. The Hall–Kier alpha value is -3.10. The van der Waals surface area contributed by atoms with Gasteiger partial charge in [0.1, 0.15) is 5.15 Å². The normalized spacial score (nSPS) is 14.8. The number of benzene rings is 2. The fourth-order valence-electron chi connectivity index (χ4n) is 3.41. The highest BCUT2D eigenvalue weighted by atomic mass is 35.5. The molecule has 0 amide bonds. The number of ether oxygens (including phenoxy) is 1. The van der Waals surface area contributed by atoms with Gasteiger partial charge in [-0.25, -0.2) is 4.68 Å². The predicted molar refractivity (Wildman–Crippen MR) is 117 cm³/mol. The van der Waals surface area contributed by atoms with Crippen molar-refractivity contribution in [2.45, 2.75) is 18.3 Å². The second-order valence-corrected chi connectivity index (χ2v) is 7.81. The number of halogens is 1. The molecule has 2 aromatic heterocycles. The third kappa shape index (κ3) is 3.18. The first kappa shape index (κ1) is 18.9. The molecule has 4 aromatic rings. The minimum Gasteiger partial charge on any atom is -0.447 e. The van der Waals surface area contributed by atoms with Gasteiger partial charge in [-0.1, -0.05) is 59.8 Å². The van der Waals surface area contributed by atoms with Gasteiger partial charge in [0, 0.05) is 11.3 Å². The lowest BCUT2D eigenvalue weighted by atomic mass is 10.1. The van der Waals surface area contributed by atoms with Gasteiger partial charge in [0.15, 0.2) is 5.69 Å². The summed E-state index contributed by atoms with van der Waals surface area (Å²) in [4.78, 5) is 4.55. The molecule has 0 saturated heterocycles. The number of nitrogens with one attached hydrogen (secondary N) is 1. The van der Waals surface area contributed by atoms with Crippen LogP contribution in [0.4, 0.5) is 5.69 Å². The van der Waals surface area contributed by atoms with Crippen LogP contribution < -0.4 is 10.1 Å².